The van der Waals surface area contributed by atoms with E-state index in [2.05, 4.69) is 10.3 Å². The van der Waals surface area contributed by atoms with Crippen LogP contribution in [-0.2, 0) is 11.3 Å². The van der Waals surface area contributed by atoms with Crippen molar-refractivity contribution in [3.8, 4) is 0 Å². The Morgan fingerprint density at radius 2 is 1.96 bits per heavy atom. The number of alkyl halides is 3. The summed E-state index contributed by atoms with van der Waals surface area (Å²) in [5.41, 5.74) is 0.937. The number of aliphatic hydroxyl groups excluding tert-OH is 1. The van der Waals surface area contributed by atoms with E-state index in [4.69, 9.17) is 16.7 Å². The van der Waals surface area contributed by atoms with Gasteiger partial charge in [-0.1, -0.05) is 23.7 Å². The summed E-state index contributed by atoms with van der Waals surface area (Å²) in [4.78, 5) is 19.4. The van der Waals surface area contributed by atoms with E-state index in [-0.39, 0.29) is 42.4 Å². The summed E-state index contributed by atoms with van der Waals surface area (Å²) in [7, 11) is 1.41. The molecule has 1 aliphatic heterocycles. The maximum absolute atomic E-state index is 12.4. The molecule has 1 unspecified atom stereocenters. The quantitative estimate of drug-likeness (QED) is 0.363. The number of rotatable bonds is 4. The molecule has 1 aromatic carbocycles. The molecule has 1 fully saturated rings. The summed E-state index contributed by atoms with van der Waals surface area (Å²) in [6, 6.07) is 7.16. The molecular formula is C16H21ClF3IN4O2. The minimum atomic E-state index is -4.71. The number of carbonyl (C=O) groups is 1. The summed E-state index contributed by atoms with van der Waals surface area (Å²) in [6.45, 7) is 0.526. The lowest BCUT2D eigenvalue weighted by Gasteiger charge is -2.36. The minimum absolute atomic E-state index is 0. The molecule has 0 radical (unpaired) electrons. The number of aliphatic hydroxyl groups is 1. The van der Waals surface area contributed by atoms with Crippen molar-refractivity contribution < 1.29 is 23.1 Å². The summed E-state index contributed by atoms with van der Waals surface area (Å²) >= 11 is 5.84. The number of hydrogen-bond donors (Lipinski definition) is 2. The Balaban J connectivity index is 0.00000364. The van der Waals surface area contributed by atoms with Gasteiger partial charge >= 0.3 is 6.18 Å². The second kappa shape index (κ2) is 10.3. The van der Waals surface area contributed by atoms with Crippen molar-refractivity contribution in [3.05, 3.63) is 34.9 Å². The Morgan fingerprint density at radius 1 is 1.33 bits per heavy atom. The van der Waals surface area contributed by atoms with Crippen LogP contribution in [0.1, 0.15) is 5.56 Å². The van der Waals surface area contributed by atoms with Crippen LogP contribution in [0, 0.1) is 0 Å². The maximum Gasteiger partial charge on any atom is 0.416 e. The number of piperazine rings is 1. The molecule has 1 aliphatic rings. The van der Waals surface area contributed by atoms with E-state index in [1.165, 1.54) is 7.05 Å². The first-order valence-electron chi connectivity index (χ1n) is 7.93. The van der Waals surface area contributed by atoms with Gasteiger partial charge in [0.25, 0.3) is 0 Å². The van der Waals surface area contributed by atoms with Crippen LogP contribution in [0.4, 0.5) is 13.2 Å². The number of aliphatic imine (C=N–C) groups is 1. The van der Waals surface area contributed by atoms with Gasteiger partial charge in [0, 0.05) is 31.7 Å². The Hall–Kier alpha value is -1.27. The van der Waals surface area contributed by atoms with Crippen molar-refractivity contribution in [2.75, 3.05) is 33.2 Å². The monoisotopic (exact) mass is 520 g/mol. The molecule has 1 saturated heterocycles. The van der Waals surface area contributed by atoms with Crippen LogP contribution in [0.3, 0.4) is 0 Å². The van der Waals surface area contributed by atoms with Crippen molar-refractivity contribution in [1.82, 2.24) is 15.1 Å². The molecule has 152 valence electrons. The van der Waals surface area contributed by atoms with Crippen LogP contribution in [-0.4, -0.2) is 72.3 Å². The van der Waals surface area contributed by atoms with E-state index in [9.17, 15) is 18.0 Å². The first kappa shape index (κ1) is 23.8. The molecule has 6 nitrogen and oxygen atoms in total. The standard InChI is InChI=1S/C16H20ClF3N4O2.HI/c1-21-15(22-8-13(25)16(18,19)20)24-7-6-23(14(26)10-24)9-11-2-4-12(17)5-3-11;/h2-5,13,25H,6-10H2,1H3,(H,21,22);1H. The van der Waals surface area contributed by atoms with Gasteiger partial charge in [-0.3, -0.25) is 9.79 Å². The molecule has 2 rings (SSSR count). The second-order valence-electron chi connectivity index (χ2n) is 5.85. The number of nitrogens with one attached hydrogen (secondary N) is 1. The van der Waals surface area contributed by atoms with Crippen LogP contribution in [0.2, 0.25) is 5.02 Å². The van der Waals surface area contributed by atoms with Crippen molar-refractivity contribution in [2.45, 2.75) is 18.8 Å². The second-order valence-corrected chi connectivity index (χ2v) is 6.29. The molecule has 11 heteroatoms. The first-order valence-corrected chi connectivity index (χ1v) is 8.31. The van der Waals surface area contributed by atoms with Crippen LogP contribution in [0.5, 0.6) is 0 Å². The molecule has 0 spiro atoms. The molecule has 0 aliphatic carbocycles. The van der Waals surface area contributed by atoms with Gasteiger partial charge in [0.15, 0.2) is 12.1 Å². The van der Waals surface area contributed by atoms with E-state index >= 15 is 0 Å². The molecule has 1 atom stereocenters. The normalized spacial score (nSPS) is 16.8. The number of hydrogen-bond acceptors (Lipinski definition) is 3. The van der Waals surface area contributed by atoms with Gasteiger partial charge < -0.3 is 20.2 Å². The van der Waals surface area contributed by atoms with Crippen molar-refractivity contribution in [2.24, 2.45) is 4.99 Å². The summed E-state index contributed by atoms with van der Waals surface area (Å²) in [5.74, 6) is -0.0155. The minimum Gasteiger partial charge on any atom is -0.382 e. The van der Waals surface area contributed by atoms with E-state index in [1.807, 2.05) is 12.1 Å². The number of halogens is 5. The molecule has 0 aromatic heterocycles. The van der Waals surface area contributed by atoms with Crippen LogP contribution < -0.4 is 5.32 Å². The van der Waals surface area contributed by atoms with Gasteiger partial charge in [-0.2, -0.15) is 13.2 Å². The third-order valence-corrected chi connectivity index (χ3v) is 4.20. The zero-order valence-electron chi connectivity index (χ0n) is 14.5. The maximum atomic E-state index is 12.4. The highest BCUT2D eigenvalue weighted by Crippen LogP contribution is 2.19. The van der Waals surface area contributed by atoms with E-state index in [0.29, 0.717) is 24.7 Å². The fraction of sp³-hybridized carbons (Fsp3) is 0.500. The van der Waals surface area contributed by atoms with Gasteiger partial charge in [-0.25, -0.2) is 0 Å². The van der Waals surface area contributed by atoms with E-state index < -0.39 is 18.8 Å². The van der Waals surface area contributed by atoms with Crippen molar-refractivity contribution >= 4 is 47.4 Å². The van der Waals surface area contributed by atoms with Gasteiger partial charge in [0.05, 0.1) is 13.1 Å². The van der Waals surface area contributed by atoms with Gasteiger partial charge in [-0.15, -0.1) is 24.0 Å². The first-order chi connectivity index (χ1) is 12.2. The van der Waals surface area contributed by atoms with Gasteiger partial charge in [0.2, 0.25) is 5.91 Å². The van der Waals surface area contributed by atoms with Crippen LogP contribution >= 0.6 is 35.6 Å². The number of nitrogens with zero attached hydrogens (tertiary/aromatic N) is 3. The van der Waals surface area contributed by atoms with Gasteiger partial charge in [-0.05, 0) is 17.7 Å². The molecule has 1 amide bonds. The Labute approximate surface area is 177 Å². The smallest absolute Gasteiger partial charge is 0.382 e. The Bertz CT molecular complexity index is 658. The molecule has 1 heterocycles. The highest BCUT2D eigenvalue weighted by molar-refractivity contribution is 14.0. The number of guanidine groups is 1. The molecule has 1 aromatic rings. The highest BCUT2D eigenvalue weighted by atomic mass is 127. The largest absolute Gasteiger partial charge is 0.416 e. The van der Waals surface area contributed by atoms with Crippen LogP contribution in [0.15, 0.2) is 29.3 Å². The van der Waals surface area contributed by atoms with Gasteiger partial charge in [0.1, 0.15) is 0 Å². The lowest BCUT2D eigenvalue weighted by atomic mass is 10.2. The fourth-order valence-electron chi connectivity index (χ4n) is 2.50. The topological polar surface area (TPSA) is 68.2 Å². The number of benzene rings is 1. The highest BCUT2D eigenvalue weighted by Gasteiger charge is 2.38. The molecule has 0 bridgehead atoms. The van der Waals surface area contributed by atoms with E-state index in [0.717, 1.165) is 5.56 Å². The predicted molar refractivity (Wildman–Crippen MR) is 107 cm³/mol. The molecular weight excluding hydrogens is 500 g/mol. The Morgan fingerprint density at radius 3 is 2.48 bits per heavy atom. The lowest BCUT2D eigenvalue weighted by Crippen LogP contribution is -2.56. The molecule has 2 N–H and O–H groups in total. The van der Waals surface area contributed by atoms with Crippen molar-refractivity contribution in [3.63, 3.8) is 0 Å². The average Bonchev–Trinajstić information content (AvgIpc) is 2.58. The van der Waals surface area contributed by atoms with E-state index in [1.54, 1.807) is 21.9 Å². The zero-order chi connectivity index (χ0) is 19.3. The lowest BCUT2D eigenvalue weighted by molar-refractivity contribution is -0.201. The molecule has 27 heavy (non-hydrogen) atoms. The van der Waals surface area contributed by atoms with Crippen molar-refractivity contribution in [1.29, 1.82) is 0 Å². The number of carbonyl (C=O) groups excluding carboxylic acids is 1. The molecule has 0 saturated carbocycles. The SMILES string of the molecule is CN=C(NCC(O)C(F)(F)F)N1CCN(Cc2ccc(Cl)cc2)C(=O)C1.I. The summed E-state index contributed by atoms with van der Waals surface area (Å²) in [5, 5.41) is 12.1. The summed E-state index contributed by atoms with van der Waals surface area (Å²) < 4.78 is 37.1. The number of amides is 1. The average molecular weight is 521 g/mol. The summed E-state index contributed by atoms with van der Waals surface area (Å²) in [6.07, 6.45) is -7.21. The third kappa shape index (κ3) is 7.00. The third-order valence-electron chi connectivity index (χ3n) is 3.95. The van der Waals surface area contributed by atoms with Crippen LogP contribution in [0.25, 0.3) is 0 Å². The zero-order valence-corrected chi connectivity index (χ0v) is 17.6. The fourth-order valence-corrected chi connectivity index (χ4v) is 2.63. The predicted octanol–water partition coefficient (Wildman–Crippen LogP) is 2.10. The Kier molecular flexibility index (Phi) is 9.09.